The standard InChI is InChI=1S/C17H17ClN2O2S/c1-9-6-7-11-13(8-9)23-17(14(11)15(19)21)20-16(22)10-4-2-3-5-12(10)18/h2-5,9H,6-8H2,1H3,(H2,19,21)(H,20,22). The molecule has 0 radical (unpaired) electrons. The summed E-state index contributed by atoms with van der Waals surface area (Å²) in [5.41, 5.74) is 7.38. The topological polar surface area (TPSA) is 72.2 Å². The number of thiophene rings is 1. The van der Waals surface area contributed by atoms with Gasteiger partial charge in [0.1, 0.15) is 5.00 Å². The second kappa shape index (κ2) is 6.34. The Bertz CT molecular complexity index is 785. The van der Waals surface area contributed by atoms with Crippen molar-refractivity contribution in [1.82, 2.24) is 0 Å². The summed E-state index contributed by atoms with van der Waals surface area (Å²) in [6.45, 7) is 2.19. The van der Waals surface area contributed by atoms with Gasteiger partial charge in [0.15, 0.2) is 0 Å². The molecule has 2 aromatic rings. The van der Waals surface area contributed by atoms with E-state index in [2.05, 4.69) is 12.2 Å². The largest absolute Gasteiger partial charge is 0.365 e. The molecule has 2 amide bonds. The van der Waals surface area contributed by atoms with Crippen LogP contribution >= 0.6 is 22.9 Å². The number of nitrogens with one attached hydrogen (secondary N) is 1. The molecule has 1 aromatic carbocycles. The lowest BCUT2D eigenvalue weighted by molar-refractivity contribution is 0.1000. The molecular weight excluding hydrogens is 332 g/mol. The molecule has 120 valence electrons. The van der Waals surface area contributed by atoms with Gasteiger partial charge in [0, 0.05) is 4.88 Å². The zero-order chi connectivity index (χ0) is 16.6. The summed E-state index contributed by atoms with van der Waals surface area (Å²) < 4.78 is 0. The molecule has 0 saturated heterocycles. The molecule has 1 aromatic heterocycles. The Balaban J connectivity index is 1.96. The van der Waals surface area contributed by atoms with Gasteiger partial charge in [-0.15, -0.1) is 11.3 Å². The number of benzene rings is 1. The average Bonchev–Trinajstić information content (AvgIpc) is 2.84. The van der Waals surface area contributed by atoms with Gasteiger partial charge in [-0.25, -0.2) is 0 Å². The maximum Gasteiger partial charge on any atom is 0.257 e. The van der Waals surface area contributed by atoms with Crippen molar-refractivity contribution in [1.29, 1.82) is 0 Å². The Morgan fingerprint density at radius 3 is 2.78 bits per heavy atom. The lowest BCUT2D eigenvalue weighted by Crippen LogP contribution is -2.19. The second-order valence-electron chi connectivity index (χ2n) is 5.85. The number of anilines is 1. The van der Waals surface area contributed by atoms with Crippen molar-refractivity contribution >= 4 is 39.8 Å². The molecule has 1 aliphatic carbocycles. The molecule has 3 N–H and O–H groups in total. The van der Waals surface area contributed by atoms with Crippen LogP contribution in [0.1, 0.15) is 44.5 Å². The third kappa shape index (κ3) is 3.12. The first-order chi connectivity index (χ1) is 11.0. The van der Waals surface area contributed by atoms with Gasteiger partial charge in [-0.1, -0.05) is 30.7 Å². The molecule has 23 heavy (non-hydrogen) atoms. The zero-order valence-corrected chi connectivity index (χ0v) is 14.3. The molecule has 4 nitrogen and oxygen atoms in total. The molecule has 3 rings (SSSR count). The van der Waals surface area contributed by atoms with Crippen LogP contribution in [0.5, 0.6) is 0 Å². The second-order valence-corrected chi connectivity index (χ2v) is 7.37. The van der Waals surface area contributed by atoms with Crippen LogP contribution in [0.2, 0.25) is 5.02 Å². The van der Waals surface area contributed by atoms with E-state index in [0.29, 0.717) is 27.1 Å². The highest BCUT2D eigenvalue weighted by molar-refractivity contribution is 7.17. The van der Waals surface area contributed by atoms with Crippen LogP contribution < -0.4 is 11.1 Å². The first kappa shape index (κ1) is 16.0. The van der Waals surface area contributed by atoms with E-state index in [1.165, 1.54) is 11.3 Å². The minimum absolute atomic E-state index is 0.329. The Hall–Kier alpha value is -1.85. The van der Waals surface area contributed by atoms with Crippen molar-refractivity contribution in [3.8, 4) is 0 Å². The molecule has 0 fully saturated rings. The van der Waals surface area contributed by atoms with Crippen LogP contribution in [0.25, 0.3) is 0 Å². The minimum atomic E-state index is -0.494. The summed E-state index contributed by atoms with van der Waals surface area (Å²) in [6.07, 6.45) is 2.78. The number of amides is 2. The van der Waals surface area contributed by atoms with E-state index < -0.39 is 5.91 Å². The number of nitrogens with two attached hydrogens (primary N) is 1. The van der Waals surface area contributed by atoms with Crippen LogP contribution in [0.4, 0.5) is 5.00 Å². The van der Waals surface area contributed by atoms with Crippen molar-refractivity contribution in [3.05, 3.63) is 50.9 Å². The van der Waals surface area contributed by atoms with E-state index in [1.807, 2.05) is 0 Å². The highest BCUT2D eigenvalue weighted by Crippen LogP contribution is 2.39. The fourth-order valence-corrected chi connectivity index (χ4v) is 4.55. The highest BCUT2D eigenvalue weighted by atomic mass is 35.5. The van der Waals surface area contributed by atoms with Crippen LogP contribution in [-0.2, 0) is 12.8 Å². The predicted octanol–water partition coefficient (Wildman–Crippen LogP) is 3.88. The van der Waals surface area contributed by atoms with Gasteiger partial charge < -0.3 is 11.1 Å². The summed E-state index contributed by atoms with van der Waals surface area (Å²) in [7, 11) is 0. The number of carbonyl (C=O) groups excluding carboxylic acids is 2. The first-order valence-electron chi connectivity index (χ1n) is 7.47. The normalized spacial score (nSPS) is 16.7. The van der Waals surface area contributed by atoms with E-state index in [9.17, 15) is 9.59 Å². The number of hydrogen-bond acceptors (Lipinski definition) is 3. The van der Waals surface area contributed by atoms with E-state index in [0.717, 1.165) is 29.7 Å². The van der Waals surface area contributed by atoms with Gasteiger partial charge in [0.2, 0.25) is 0 Å². The van der Waals surface area contributed by atoms with E-state index >= 15 is 0 Å². The summed E-state index contributed by atoms with van der Waals surface area (Å²) in [4.78, 5) is 25.5. The highest BCUT2D eigenvalue weighted by Gasteiger charge is 2.27. The SMILES string of the molecule is CC1CCc2c(sc(NC(=O)c3ccccc3Cl)c2C(N)=O)C1. The summed E-state index contributed by atoms with van der Waals surface area (Å²) in [5.74, 6) is -0.245. The van der Waals surface area contributed by atoms with Crippen LogP contribution in [-0.4, -0.2) is 11.8 Å². The third-order valence-corrected chi connectivity index (χ3v) is 5.60. The fourth-order valence-electron chi connectivity index (χ4n) is 2.92. The number of primary amides is 1. The van der Waals surface area contributed by atoms with E-state index in [1.54, 1.807) is 24.3 Å². The molecule has 1 aliphatic rings. The number of carbonyl (C=O) groups is 2. The van der Waals surface area contributed by atoms with Crippen LogP contribution in [0.15, 0.2) is 24.3 Å². The molecule has 0 aliphatic heterocycles. The van der Waals surface area contributed by atoms with E-state index in [4.69, 9.17) is 17.3 Å². The lowest BCUT2D eigenvalue weighted by Gasteiger charge is -2.18. The predicted molar refractivity (Wildman–Crippen MR) is 93.4 cm³/mol. The van der Waals surface area contributed by atoms with Gasteiger partial charge in [-0.2, -0.15) is 0 Å². The molecule has 1 unspecified atom stereocenters. The molecule has 1 atom stereocenters. The molecule has 0 saturated carbocycles. The maximum atomic E-state index is 12.4. The number of fused-ring (bicyclic) bond motifs is 1. The monoisotopic (exact) mass is 348 g/mol. The Kier molecular flexibility index (Phi) is 4.41. The summed E-state index contributed by atoms with van der Waals surface area (Å²) in [5, 5.41) is 3.72. The Labute approximate surface area is 143 Å². The average molecular weight is 349 g/mol. The Morgan fingerprint density at radius 1 is 1.35 bits per heavy atom. The van der Waals surface area contributed by atoms with Crippen LogP contribution in [0.3, 0.4) is 0 Å². The summed E-state index contributed by atoms with van der Waals surface area (Å²) in [6, 6.07) is 6.82. The Morgan fingerprint density at radius 2 is 2.09 bits per heavy atom. The minimum Gasteiger partial charge on any atom is -0.365 e. The molecule has 0 bridgehead atoms. The molecular formula is C17H17ClN2O2S. The number of rotatable bonds is 3. The maximum absolute atomic E-state index is 12.4. The fraction of sp³-hybridized carbons (Fsp3) is 0.294. The zero-order valence-electron chi connectivity index (χ0n) is 12.7. The number of halogens is 1. The van der Waals surface area contributed by atoms with Crippen molar-refractivity contribution in [3.63, 3.8) is 0 Å². The molecule has 0 spiro atoms. The van der Waals surface area contributed by atoms with Crippen molar-refractivity contribution in [2.75, 3.05) is 5.32 Å². The van der Waals surface area contributed by atoms with Crippen molar-refractivity contribution in [2.24, 2.45) is 11.7 Å². The smallest absolute Gasteiger partial charge is 0.257 e. The van der Waals surface area contributed by atoms with Crippen LogP contribution in [0, 0.1) is 5.92 Å². The quantitative estimate of drug-likeness (QED) is 0.883. The molecule has 1 heterocycles. The number of hydrogen-bond donors (Lipinski definition) is 2. The third-order valence-electron chi connectivity index (χ3n) is 4.10. The van der Waals surface area contributed by atoms with E-state index in [-0.39, 0.29) is 5.91 Å². The van der Waals surface area contributed by atoms with Crippen molar-refractivity contribution < 1.29 is 9.59 Å². The lowest BCUT2D eigenvalue weighted by atomic mass is 9.88. The summed E-state index contributed by atoms with van der Waals surface area (Å²) >= 11 is 7.51. The molecule has 6 heteroatoms. The van der Waals surface area contributed by atoms with Gasteiger partial charge >= 0.3 is 0 Å². The van der Waals surface area contributed by atoms with Gasteiger partial charge in [-0.3, -0.25) is 9.59 Å². The van der Waals surface area contributed by atoms with Crippen molar-refractivity contribution in [2.45, 2.75) is 26.2 Å². The van der Waals surface area contributed by atoms with Gasteiger partial charge in [-0.05, 0) is 42.9 Å². The van der Waals surface area contributed by atoms with Gasteiger partial charge in [0.05, 0.1) is 16.1 Å². The van der Waals surface area contributed by atoms with Gasteiger partial charge in [0.25, 0.3) is 11.8 Å². The first-order valence-corrected chi connectivity index (χ1v) is 8.67.